The van der Waals surface area contributed by atoms with E-state index in [1.54, 1.807) is 12.5 Å². The predicted molar refractivity (Wildman–Crippen MR) is 240 cm³/mol. The Morgan fingerprint density at radius 2 is 1.59 bits per heavy atom. The van der Waals surface area contributed by atoms with Crippen LogP contribution in [0.3, 0.4) is 0 Å². The van der Waals surface area contributed by atoms with Gasteiger partial charge in [-0.05, 0) is 132 Å². The minimum absolute atomic E-state index is 0.000195. The topological polar surface area (TPSA) is 108 Å². The Morgan fingerprint density at radius 3 is 2.27 bits per heavy atom. The molecule has 320 valence electrons. The summed E-state index contributed by atoms with van der Waals surface area (Å²) in [7, 11) is -2.59. The highest BCUT2D eigenvalue weighted by Crippen LogP contribution is 2.68. The normalized spacial score (nSPS) is 33.7. The van der Waals surface area contributed by atoms with E-state index in [0.29, 0.717) is 54.7 Å². The Balaban J connectivity index is 0.850. The molecular weight excluding hydrogens is 747 g/mol. The van der Waals surface area contributed by atoms with Crippen molar-refractivity contribution in [3.8, 4) is 0 Å². The van der Waals surface area contributed by atoms with Crippen LogP contribution in [0.5, 0.6) is 0 Å². The van der Waals surface area contributed by atoms with Crippen molar-refractivity contribution in [2.45, 2.75) is 148 Å². The molecule has 5 aliphatic rings. The van der Waals surface area contributed by atoms with Crippen LogP contribution in [0.4, 0.5) is 0 Å². The summed E-state index contributed by atoms with van der Waals surface area (Å²) in [6.45, 7) is 16.2. The maximum absolute atomic E-state index is 13.3. The summed E-state index contributed by atoms with van der Waals surface area (Å²) in [5, 5.41) is 12.4. The maximum Gasteiger partial charge on any atom is 0.261 e. The number of H-pyrrole nitrogens is 1. The first-order valence-electron chi connectivity index (χ1n) is 23.4. The largest absolute Gasteiger partial charge is 0.404 e. The molecule has 2 aromatic carbocycles. The van der Waals surface area contributed by atoms with Crippen molar-refractivity contribution in [1.82, 2.24) is 25.9 Å². The van der Waals surface area contributed by atoms with Crippen molar-refractivity contribution < 1.29 is 14.0 Å². The molecule has 2 amide bonds. The van der Waals surface area contributed by atoms with Gasteiger partial charge in [-0.15, -0.1) is 0 Å². The minimum atomic E-state index is -2.59. The molecule has 9 heteroatoms. The summed E-state index contributed by atoms with van der Waals surface area (Å²) in [4.78, 5) is 33.1. The fourth-order valence-corrected chi connectivity index (χ4v) is 18.7. The van der Waals surface area contributed by atoms with Crippen LogP contribution in [0.2, 0.25) is 5.04 Å². The number of fused-ring (bicyclic) bond motifs is 5. The van der Waals surface area contributed by atoms with E-state index in [1.807, 2.05) is 0 Å². The zero-order valence-electron chi connectivity index (χ0n) is 36.9. The van der Waals surface area contributed by atoms with Crippen molar-refractivity contribution >= 4 is 30.5 Å². The Kier molecular flexibility index (Phi) is 12.4. The predicted octanol–water partition coefficient (Wildman–Crippen LogP) is 7.94. The van der Waals surface area contributed by atoms with Crippen LogP contribution in [-0.4, -0.2) is 61.4 Å². The molecule has 59 heavy (non-hydrogen) atoms. The number of aromatic amines is 1. The van der Waals surface area contributed by atoms with Gasteiger partial charge in [0.15, 0.2) is 0 Å². The SMILES string of the molecule is C[C@H](CCC(=O)N[C@@H]1CN[C@H](C(=O)NCCc2cnc[nH]2)C1)[C@H]1CCC2C3CCC4C[C@H](O[Si](c5ccccc5)(c5ccccc5)C(C)(C)C)CC[C@]4(C)C3CC[C@@]21C. The highest BCUT2D eigenvalue weighted by atomic mass is 28.4. The lowest BCUT2D eigenvalue weighted by Gasteiger charge is -2.62. The molecule has 0 bridgehead atoms. The first kappa shape index (κ1) is 42.4. The molecule has 0 spiro atoms. The van der Waals surface area contributed by atoms with E-state index in [0.717, 1.165) is 42.2 Å². The Hall–Kier alpha value is -3.27. The molecule has 0 radical (unpaired) electrons. The second-order valence-corrected chi connectivity index (χ2v) is 25.4. The number of benzene rings is 2. The van der Waals surface area contributed by atoms with E-state index in [2.05, 4.69) is 128 Å². The van der Waals surface area contributed by atoms with Crippen molar-refractivity contribution in [1.29, 1.82) is 0 Å². The Morgan fingerprint density at radius 1 is 0.898 bits per heavy atom. The van der Waals surface area contributed by atoms with Crippen LogP contribution in [0.15, 0.2) is 73.2 Å². The molecule has 4 saturated carbocycles. The van der Waals surface area contributed by atoms with E-state index >= 15 is 0 Å². The van der Waals surface area contributed by atoms with Gasteiger partial charge in [-0.1, -0.05) is 102 Å². The lowest BCUT2D eigenvalue weighted by atomic mass is 9.44. The minimum Gasteiger partial charge on any atom is -0.404 e. The zero-order valence-corrected chi connectivity index (χ0v) is 37.9. The number of hydrogen-bond donors (Lipinski definition) is 4. The number of hydrogen-bond acceptors (Lipinski definition) is 5. The fraction of sp³-hybridized carbons (Fsp3) is 0.660. The number of nitrogens with zero attached hydrogens (tertiary/aromatic N) is 1. The molecule has 3 aromatic rings. The summed E-state index contributed by atoms with van der Waals surface area (Å²) in [5.74, 6) is 4.53. The highest BCUT2D eigenvalue weighted by Gasteiger charge is 2.61. The molecule has 4 N–H and O–H groups in total. The molecule has 1 aromatic heterocycles. The van der Waals surface area contributed by atoms with Gasteiger partial charge in [-0.2, -0.15) is 0 Å². The van der Waals surface area contributed by atoms with Gasteiger partial charge in [0.1, 0.15) is 0 Å². The lowest BCUT2D eigenvalue weighted by Crippen LogP contribution is -2.68. The van der Waals surface area contributed by atoms with Crippen molar-refractivity contribution in [3.63, 3.8) is 0 Å². The van der Waals surface area contributed by atoms with Crippen LogP contribution in [0.25, 0.3) is 0 Å². The van der Waals surface area contributed by atoms with E-state index in [1.165, 1.54) is 68.2 Å². The number of carbonyl (C=O) groups is 2. The van der Waals surface area contributed by atoms with E-state index in [-0.39, 0.29) is 28.9 Å². The molecule has 4 aliphatic carbocycles. The summed E-state index contributed by atoms with van der Waals surface area (Å²) in [5.41, 5.74) is 1.77. The van der Waals surface area contributed by atoms with E-state index in [9.17, 15) is 9.59 Å². The molecule has 8 rings (SSSR count). The lowest BCUT2D eigenvalue weighted by molar-refractivity contribution is -0.128. The van der Waals surface area contributed by atoms with Crippen molar-refractivity contribution in [3.05, 3.63) is 78.9 Å². The standard InChI is InChI=1S/C50H73N5O3Si/c1-34(17-22-46(56)55-37-30-45(53-32-37)47(57)52-28-25-36-31-51-33-54-36)42-20-21-43-41-19-18-35-29-38(23-26-49(35,5)44(41)24-27-50(42,43)6)58-59(48(2,3)4,39-13-9-7-10-14-39)40-15-11-8-12-16-40/h7-16,31,33-35,37-38,41-45,53H,17-30,32H2,1-6H3,(H,51,54)(H,52,57)(H,55,56)/t34-,35?,37+,38-,41?,42-,43?,44?,45+,49+,50-/m1/s1. The Labute approximate surface area is 355 Å². The van der Waals surface area contributed by atoms with Gasteiger partial charge in [0.25, 0.3) is 8.32 Å². The smallest absolute Gasteiger partial charge is 0.261 e. The number of imidazole rings is 1. The van der Waals surface area contributed by atoms with Crippen molar-refractivity contribution in [2.75, 3.05) is 13.1 Å². The summed E-state index contributed by atoms with van der Waals surface area (Å²) in [6, 6.07) is 22.2. The fourth-order valence-electron chi connectivity index (χ4n) is 14.0. The molecule has 4 unspecified atom stereocenters. The van der Waals surface area contributed by atoms with Crippen LogP contribution in [0, 0.1) is 46.3 Å². The monoisotopic (exact) mass is 820 g/mol. The number of aromatic nitrogens is 2. The molecule has 1 aliphatic heterocycles. The second kappa shape index (κ2) is 17.2. The summed E-state index contributed by atoms with van der Waals surface area (Å²) < 4.78 is 7.77. The van der Waals surface area contributed by atoms with E-state index in [4.69, 9.17) is 4.43 Å². The third kappa shape index (κ3) is 8.26. The number of carbonyl (C=O) groups excluding carboxylic acids is 2. The van der Waals surface area contributed by atoms with Gasteiger partial charge in [-0.25, -0.2) is 4.98 Å². The summed E-state index contributed by atoms with van der Waals surface area (Å²) >= 11 is 0. The van der Waals surface area contributed by atoms with Gasteiger partial charge in [0.05, 0.1) is 12.4 Å². The molecule has 8 nitrogen and oxygen atoms in total. The molecule has 11 atom stereocenters. The number of rotatable bonds is 13. The van der Waals surface area contributed by atoms with Gasteiger partial charge in [0.2, 0.25) is 11.8 Å². The highest BCUT2D eigenvalue weighted by molar-refractivity contribution is 6.99. The third-order valence-corrected chi connectivity index (χ3v) is 22.1. The Bertz CT molecular complexity index is 1830. The average Bonchev–Trinajstić information content (AvgIpc) is 4.00. The molecule has 2 heterocycles. The van der Waals surface area contributed by atoms with Gasteiger partial charge in [0, 0.05) is 50.0 Å². The maximum atomic E-state index is 13.3. The summed E-state index contributed by atoms with van der Waals surface area (Å²) in [6.07, 6.45) is 18.3. The van der Waals surface area contributed by atoms with Crippen molar-refractivity contribution in [2.24, 2.45) is 46.3 Å². The van der Waals surface area contributed by atoms with Crippen LogP contribution in [0.1, 0.15) is 124 Å². The number of amides is 2. The van der Waals surface area contributed by atoms with Gasteiger partial charge < -0.3 is 25.4 Å². The second-order valence-electron chi connectivity index (χ2n) is 21.2. The molecule has 5 fully saturated rings. The quantitative estimate of drug-likeness (QED) is 0.131. The average molecular weight is 820 g/mol. The first-order chi connectivity index (χ1) is 28.3. The van der Waals surface area contributed by atoms with Gasteiger partial charge >= 0.3 is 0 Å². The van der Waals surface area contributed by atoms with Crippen LogP contribution < -0.4 is 26.3 Å². The number of nitrogens with one attached hydrogen (secondary N) is 4. The van der Waals surface area contributed by atoms with Crippen LogP contribution >= 0.6 is 0 Å². The third-order valence-electron chi connectivity index (χ3n) is 17.0. The van der Waals surface area contributed by atoms with E-state index < -0.39 is 8.32 Å². The molecule has 1 saturated heterocycles. The van der Waals surface area contributed by atoms with Gasteiger partial charge in [-0.3, -0.25) is 9.59 Å². The molecular formula is C50H73N5O3Si. The zero-order chi connectivity index (χ0) is 41.4. The first-order valence-corrected chi connectivity index (χ1v) is 25.3. The van der Waals surface area contributed by atoms with Crippen LogP contribution in [-0.2, 0) is 20.4 Å².